The lowest BCUT2D eigenvalue weighted by molar-refractivity contribution is -0.137. The third kappa shape index (κ3) is 14.9. The summed E-state index contributed by atoms with van der Waals surface area (Å²) in [6.45, 7) is 10.8. The molecule has 0 rings (SSSR count). The van der Waals surface area contributed by atoms with Crippen LogP contribution in [0.3, 0.4) is 0 Å². The van der Waals surface area contributed by atoms with Gasteiger partial charge in [0.2, 0.25) is 0 Å². The molecule has 0 aromatic heterocycles. The van der Waals surface area contributed by atoms with E-state index in [0.29, 0.717) is 6.61 Å². The van der Waals surface area contributed by atoms with Crippen molar-refractivity contribution in [3.05, 3.63) is 59.3 Å². The Morgan fingerprint density at radius 2 is 1.52 bits per heavy atom. The lowest BCUT2D eigenvalue weighted by atomic mass is 10.1. The van der Waals surface area contributed by atoms with Crippen LogP contribution in [0.1, 0.15) is 60.3 Å². The lowest BCUT2D eigenvalue weighted by Gasteiger charge is -2.00. The molecule has 0 aliphatic heterocycles. The summed E-state index contributed by atoms with van der Waals surface area (Å²) in [5.74, 6) is -0.299. The van der Waals surface area contributed by atoms with Crippen molar-refractivity contribution in [3.8, 4) is 0 Å². The van der Waals surface area contributed by atoms with E-state index >= 15 is 0 Å². The summed E-state index contributed by atoms with van der Waals surface area (Å²) in [6.07, 6.45) is 18.1. The number of rotatable bonds is 10. The summed E-state index contributed by atoms with van der Waals surface area (Å²) in [5.41, 5.74) is 4.18. The van der Waals surface area contributed by atoms with Crippen LogP contribution in [0.4, 0.5) is 0 Å². The standard InChI is InChI=1S/C21H32O2/c1-6-23-21(22)17-9-7-8-13-19(4)15-11-16-20(5)14-10-12-18(2)3/h7-9,12-13,16-17H,6,10-11,14-15H2,1-5H3/b8-7+,17-9+,19-13+,20-16+. The number of ether oxygens (including phenoxy) is 1. The van der Waals surface area contributed by atoms with E-state index in [1.54, 1.807) is 13.0 Å². The Bertz CT molecular complexity index is 484. The number of carbonyl (C=O) groups is 1. The average Bonchev–Trinajstić information content (AvgIpc) is 2.46. The maximum atomic E-state index is 11.1. The molecule has 128 valence electrons. The summed E-state index contributed by atoms with van der Waals surface area (Å²) >= 11 is 0. The van der Waals surface area contributed by atoms with Gasteiger partial charge in [0.05, 0.1) is 6.61 Å². The monoisotopic (exact) mass is 316 g/mol. The van der Waals surface area contributed by atoms with Crippen molar-refractivity contribution in [2.45, 2.75) is 60.3 Å². The van der Waals surface area contributed by atoms with Gasteiger partial charge in [0, 0.05) is 6.08 Å². The molecule has 0 aromatic carbocycles. The zero-order valence-corrected chi connectivity index (χ0v) is 15.4. The van der Waals surface area contributed by atoms with Crippen molar-refractivity contribution >= 4 is 5.97 Å². The van der Waals surface area contributed by atoms with Gasteiger partial charge in [-0.15, -0.1) is 0 Å². The minimum absolute atomic E-state index is 0.299. The number of allylic oxidation sites excluding steroid dienone is 9. The maximum Gasteiger partial charge on any atom is 0.330 e. The molecule has 0 spiro atoms. The first-order chi connectivity index (χ1) is 11.0. The molecule has 0 bridgehead atoms. The highest BCUT2D eigenvalue weighted by Crippen LogP contribution is 2.11. The highest BCUT2D eigenvalue weighted by atomic mass is 16.5. The molecule has 0 N–H and O–H groups in total. The molecule has 0 radical (unpaired) electrons. The topological polar surface area (TPSA) is 26.3 Å². The molecule has 0 saturated heterocycles. The second-order valence-electron chi connectivity index (χ2n) is 5.92. The molecule has 0 atom stereocenters. The third-order valence-electron chi connectivity index (χ3n) is 3.24. The van der Waals surface area contributed by atoms with Crippen LogP contribution in [-0.2, 0) is 9.53 Å². The lowest BCUT2D eigenvalue weighted by Crippen LogP contribution is -1.98. The first-order valence-corrected chi connectivity index (χ1v) is 8.42. The Hall–Kier alpha value is -1.83. The fourth-order valence-corrected chi connectivity index (χ4v) is 1.93. The van der Waals surface area contributed by atoms with Crippen LogP contribution in [0.2, 0.25) is 0 Å². The summed E-state index contributed by atoms with van der Waals surface area (Å²) < 4.78 is 4.80. The Kier molecular flexibility index (Phi) is 12.7. The van der Waals surface area contributed by atoms with E-state index in [2.05, 4.69) is 45.9 Å². The summed E-state index contributed by atoms with van der Waals surface area (Å²) in [4.78, 5) is 11.1. The van der Waals surface area contributed by atoms with Gasteiger partial charge in [0.25, 0.3) is 0 Å². The van der Waals surface area contributed by atoms with E-state index in [-0.39, 0.29) is 5.97 Å². The Morgan fingerprint density at radius 1 is 0.870 bits per heavy atom. The SMILES string of the molecule is CCOC(=O)/C=C/C=C/C=C(\C)CC/C=C(\C)CCC=C(C)C. The number of hydrogen-bond donors (Lipinski definition) is 0. The predicted octanol–water partition coefficient (Wildman–Crippen LogP) is 6.08. The fraction of sp³-hybridized carbons (Fsp3) is 0.476. The summed E-state index contributed by atoms with van der Waals surface area (Å²) in [7, 11) is 0. The molecule has 0 saturated carbocycles. The van der Waals surface area contributed by atoms with E-state index in [0.717, 1.165) is 25.7 Å². The molecule has 2 nitrogen and oxygen atoms in total. The number of esters is 1. The van der Waals surface area contributed by atoms with E-state index in [1.165, 1.54) is 22.8 Å². The van der Waals surface area contributed by atoms with E-state index in [9.17, 15) is 4.79 Å². The molecule has 0 aliphatic carbocycles. The van der Waals surface area contributed by atoms with E-state index in [1.807, 2.05) is 12.2 Å². The minimum atomic E-state index is -0.299. The fourth-order valence-electron chi connectivity index (χ4n) is 1.93. The van der Waals surface area contributed by atoms with E-state index in [4.69, 9.17) is 4.74 Å². The second kappa shape index (κ2) is 13.8. The number of hydrogen-bond acceptors (Lipinski definition) is 2. The smallest absolute Gasteiger partial charge is 0.330 e. The van der Waals surface area contributed by atoms with Crippen molar-refractivity contribution < 1.29 is 9.53 Å². The molecular weight excluding hydrogens is 284 g/mol. The van der Waals surface area contributed by atoms with Crippen LogP contribution in [0.25, 0.3) is 0 Å². The Labute approximate surface area is 142 Å². The van der Waals surface area contributed by atoms with Crippen molar-refractivity contribution in [2.75, 3.05) is 6.61 Å². The quantitative estimate of drug-likeness (QED) is 0.211. The Morgan fingerprint density at radius 3 is 2.17 bits per heavy atom. The molecule has 0 unspecified atom stereocenters. The Balaban J connectivity index is 4.06. The molecule has 0 aliphatic rings. The van der Waals surface area contributed by atoms with Crippen LogP contribution in [0.15, 0.2) is 59.3 Å². The van der Waals surface area contributed by atoms with Crippen LogP contribution in [-0.4, -0.2) is 12.6 Å². The first kappa shape index (κ1) is 21.2. The highest BCUT2D eigenvalue weighted by molar-refractivity contribution is 5.82. The van der Waals surface area contributed by atoms with Crippen molar-refractivity contribution in [2.24, 2.45) is 0 Å². The zero-order valence-electron chi connectivity index (χ0n) is 15.4. The summed E-state index contributed by atoms with van der Waals surface area (Å²) in [5, 5.41) is 0. The van der Waals surface area contributed by atoms with Gasteiger partial charge in [-0.05, 0) is 60.3 Å². The number of carbonyl (C=O) groups excluding carboxylic acids is 1. The third-order valence-corrected chi connectivity index (χ3v) is 3.24. The molecule has 23 heavy (non-hydrogen) atoms. The van der Waals surface area contributed by atoms with Gasteiger partial charge in [-0.1, -0.05) is 53.2 Å². The van der Waals surface area contributed by atoms with Gasteiger partial charge in [-0.2, -0.15) is 0 Å². The van der Waals surface area contributed by atoms with Gasteiger partial charge in [-0.3, -0.25) is 0 Å². The first-order valence-electron chi connectivity index (χ1n) is 8.42. The van der Waals surface area contributed by atoms with Crippen LogP contribution in [0.5, 0.6) is 0 Å². The van der Waals surface area contributed by atoms with Gasteiger partial charge < -0.3 is 4.74 Å². The normalized spacial score (nSPS) is 12.9. The van der Waals surface area contributed by atoms with Crippen LogP contribution in [0, 0.1) is 0 Å². The molecule has 0 heterocycles. The highest BCUT2D eigenvalue weighted by Gasteiger charge is 1.92. The largest absolute Gasteiger partial charge is 0.463 e. The van der Waals surface area contributed by atoms with Crippen LogP contribution < -0.4 is 0 Å². The van der Waals surface area contributed by atoms with Crippen molar-refractivity contribution in [3.63, 3.8) is 0 Å². The van der Waals surface area contributed by atoms with Gasteiger partial charge in [0.15, 0.2) is 0 Å². The van der Waals surface area contributed by atoms with Crippen LogP contribution >= 0.6 is 0 Å². The molecule has 0 aromatic rings. The van der Waals surface area contributed by atoms with Gasteiger partial charge in [0.1, 0.15) is 0 Å². The molecular formula is C21H32O2. The molecule has 0 fully saturated rings. The second-order valence-corrected chi connectivity index (χ2v) is 5.92. The average molecular weight is 316 g/mol. The zero-order chi connectivity index (χ0) is 17.5. The van der Waals surface area contributed by atoms with E-state index < -0.39 is 0 Å². The van der Waals surface area contributed by atoms with Crippen molar-refractivity contribution in [1.82, 2.24) is 0 Å². The predicted molar refractivity (Wildman–Crippen MR) is 100 cm³/mol. The van der Waals surface area contributed by atoms with Gasteiger partial charge >= 0.3 is 5.97 Å². The van der Waals surface area contributed by atoms with Gasteiger partial charge in [-0.25, -0.2) is 4.79 Å². The molecule has 2 heteroatoms. The van der Waals surface area contributed by atoms with Crippen molar-refractivity contribution in [1.29, 1.82) is 0 Å². The maximum absolute atomic E-state index is 11.1. The minimum Gasteiger partial charge on any atom is -0.463 e. The summed E-state index contributed by atoms with van der Waals surface area (Å²) in [6, 6.07) is 0. The molecule has 0 amide bonds.